The second-order valence-corrected chi connectivity index (χ2v) is 5.40. The monoisotopic (exact) mass is 262 g/mol. The summed E-state index contributed by atoms with van der Waals surface area (Å²) in [6.45, 7) is 9.35. The highest BCUT2D eigenvalue weighted by molar-refractivity contribution is 5.35. The molecule has 0 aromatic carbocycles. The van der Waals surface area contributed by atoms with Crippen LogP contribution in [0.5, 0.6) is 0 Å². The molecule has 1 aromatic heterocycles. The van der Waals surface area contributed by atoms with Crippen LogP contribution in [0.1, 0.15) is 51.0 Å². The number of hydrogen-bond acceptors (Lipinski definition) is 4. The molecule has 0 atom stereocenters. The van der Waals surface area contributed by atoms with Crippen molar-refractivity contribution in [1.29, 1.82) is 0 Å². The Kier molecular flexibility index (Phi) is 5.14. The second-order valence-electron chi connectivity index (χ2n) is 5.40. The first-order chi connectivity index (χ1) is 9.22. The van der Waals surface area contributed by atoms with Crippen LogP contribution < -0.4 is 5.32 Å². The Morgan fingerprint density at radius 3 is 2.74 bits per heavy atom. The third-order valence-electron chi connectivity index (χ3n) is 3.47. The summed E-state index contributed by atoms with van der Waals surface area (Å²) in [7, 11) is 0. The molecule has 0 unspecified atom stereocenters. The molecule has 0 radical (unpaired) electrons. The van der Waals surface area contributed by atoms with Gasteiger partial charge in [-0.3, -0.25) is 4.90 Å². The van der Waals surface area contributed by atoms with E-state index < -0.39 is 0 Å². The second kappa shape index (κ2) is 6.85. The van der Waals surface area contributed by atoms with Crippen molar-refractivity contribution in [2.45, 2.75) is 59.0 Å². The van der Waals surface area contributed by atoms with Gasteiger partial charge in [-0.25, -0.2) is 9.97 Å². The van der Waals surface area contributed by atoms with Crippen LogP contribution in [0, 0.1) is 6.92 Å². The van der Waals surface area contributed by atoms with E-state index in [1.54, 1.807) is 0 Å². The molecule has 1 aliphatic carbocycles. The van der Waals surface area contributed by atoms with Gasteiger partial charge in [0.05, 0.1) is 6.54 Å². The fourth-order valence-corrected chi connectivity index (χ4v) is 2.35. The Bertz CT molecular complexity index is 401. The summed E-state index contributed by atoms with van der Waals surface area (Å²) in [5.41, 5.74) is 1.05. The fourth-order valence-electron chi connectivity index (χ4n) is 2.35. The Balaban J connectivity index is 2.02. The van der Waals surface area contributed by atoms with Crippen molar-refractivity contribution >= 4 is 5.82 Å². The minimum atomic E-state index is 0.776. The lowest BCUT2D eigenvalue weighted by molar-refractivity contribution is 0.244. The van der Waals surface area contributed by atoms with Gasteiger partial charge in [0.1, 0.15) is 11.6 Å². The van der Waals surface area contributed by atoms with E-state index in [0.717, 1.165) is 36.5 Å². The van der Waals surface area contributed by atoms with Crippen molar-refractivity contribution in [2.75, 3.05) is 18.4 Å². The van der Waals surface area contributed by atoms with Crippen molar-refractivity contribution in [3.8, 4) is 0 Å². The van der Waals surface area contributed by atoms with Gasteiger partial charge in [-0.1, -0.05) is 13.3 Å². The van der Waals surface area contributed by atoms with Gasteiger partial charge in [0.2, 0.25) is 0 Å². The van der Waals surface area contributed by atoms with Crippen molar-refractivity contribution in [1.82, 2.24) is 14.9 Å². The van der Waals surface area contributed by atoms with Gasteiger partial charge in [0.15, 0.2) is 0 Å². The molecule has 1 N–H and O–H groups in total. The number of anilines is 1. The molecule has 2 rings (SSSR count). The molecule has 1 saturated carbocycles. The zero-order chi connectivity index (χ0) is 13.7. The first-order valence-electron chi connectivity index (χ1n) is 7.55. The summed E-state index contributed by atoms with van der Waals surface area (Å²) in [5.74, 6) is 1.91. The molecule has 0 aliphatic heterocycles. The largest absolute Gasteiger partial charge is 0.370 e. The fraction of sp³-hybridized carbons (Fsp3) is 0.733. The number of rotatable bonds is 8. The van der Waals surface area contributed by atoms with Gasteiger partial charge >= 0.3 is 0 Å². The molecule has 4 heteroatoms. The zero-order valence-corrected chi connectivity index (χ0v) is 12.4. The number of hydrogen-bond donors (Lipinski definition) is 1. The van der Waals surface area contributed by atoms with Gasteiger partial charge < -0.3 is 5.32 Å². The summed E-state index contributed by atoms with van der Waals surface area (Å²) in [6.07, 6.45) is 5.20. The molecule has 19 heavy (non-hydrogen) atoms. The van der Waals surface area contributed by atoms with E-state index in [9.17, 15) is 0 Å². The normalized spacial score (nSPS) is 14.9. The summed E-state index contributed by atoms with van der Waals surface area (Å²) < 4.78 is 0. The molecule has 1 fully saturated rings. The molecule has 4 nitrogen and oxygen atoms in total. The Morgan fingerprint density at radius 2 is 2.11 bits per heavy atom. The smallest absolute Gasteiger partial charge is 0.144 e. The van der Waals surface area contributed by atoms with Gasteiger partial charge in [-0.2, -0.15) is 0 Å². The molecular weight excluding hydrogens is 236 g/mol. The van der Waals surface area contributed by atoms with Crippen molar-refractivity contribution in [3.05, 3.63) is 17.6 Å². The predicted octanol–water partition coefficient (Wildman–Crippen LogP) is 2.98. The van der Waals surface area contributed by atoms with E-state index in [0.29, 0.717) is 0 Å². The van der Waals surface area contributed by atoms with Crippen LogP contribution in [0.4, 0.5) is 5.82 Å². The van der Waals surface area contributed by atoms with Crippen LogP contribution in [-0.2, 0) is 6.54 Å². The standard InChI is InChI=1S/C15H26N4/c1-4-6-9-19(13-7-8-13)11-15-17-12(3)10-14(18-15)16-5-2/h10,13H,4-9,11H2,1-3H3,(H,16,17,18). The van der Waals surface area contributed by atoms with Crippen LogP contribution in [0.25, 0.3) is 0 Å². The minimum absolute atomic E-state index is 0.776. The van der Waals surface area contributed by atoms with Crippen molar-refractivity contribution in [3.63, 3.8) is 0 Å². The molecule has 0 spiro atoms. The molecule has 0 amide bonds. The first kappa shape index (κ1) is 14.3. The van der Waals surface area contributed by atoms with E-state index >= 15 is 0 Å². The Hall–Kier alpha value is -1.16. The summed E-state index contributed by atoms with van der Waals surface area (Å²) >= 11 is 0. The number of nitrogens with one attached hydrogen (secondary N) is 1. The highest BCUT2D eigenvalue weighted by Gasteiger charge is 2.29. The van der Waals surface area contributed by atoms with Crippen LogP contribution in [-0.4, -0.2) is 34.0 Å². The predicted molar refractivity (Wildman–Crippen MR) is 79.3 cm³/mol. The lowest BCUT2D eigenvalue weighted by atomic mass is 10.3. The average molecular weight is 262 g/mol. The lowest BCUT2D eigenvalue weighted by Crippen LogP contribution is -2.28. The highest BCUT2D eigenvalue weighted by atomic mass is 15.2. The maximum atomic E-state index is 4.62. The third kappa shape index (κ3) is 4.46. The van der Waals surface area contributed by atoms with Gasteiger partial charge in [-0.05, 0) is 39.7 Å². The van der Waals surface area contributed by atoms with Gasteiger partial charge in [0.25, 0.3) is 0 Å². The van der Waals surface area contributed by atoms with E-state index in [-0.39, 0.29) is 0 Å². The quantitative estimate of drug-likeness (QED) is 0.782. The van der Waals surface area contributed by atoms with Crippen molar-refractivity contribution in [2.24, 2.45) is 0 Å². The third-order valence-corrected chi connectivity index (χ3v) is 3.47. The van der Waals surface area contributed by atoms with Crippen LogP contribution in [0.15, 0.2) is 6.07 Å². The molecule has 106 valence electrons. The highest BCUT2D eigenvalue weighted by Crippen LogP contribution is 2.28. The van der Waals surface area contributed by atoms with E-state index in [1.165, 1.54) is 32.2 Å². The van der Waals surface area contributed by atoms with Crippen LogP contribution in [0.2, 0.25) is 0 Å². The first-order valence-corrected chi connectivity index (χ1v) is 7.55. The van der Waals surface area contributed by atoms with E-state index in [4.69, 9.17) is 0 Å². The molecule has 1 heterocycles. The summed E-state index contributed by atoms with van der Waals surface area (Å²) in [4.78, 5) is 11.7. The van der Waals surface area contributed by atoms with Crippen LogP contribution in [0.3, 0.4) is 0 Å². The maximum absolute atomic E-state index is 4.62. The molecule has 1 aromatic rings. The average Bonchev–Trinajstić information content (AvgIpc) is 3.18. The van der Waals surface area contributed by atoms with E-state index in [1.807, 2.05) is 13.0 Å². The summed E-state index contributed by atoms with van der Waals surface area (Å²) in [5, 5.41) is 3.28. The number of aromatic nitrogens is 2. The SMILES string of the molecule is CCCCN(Cc1nc(C)cc(NCC)n1)C1CC1. The summed E-state index contributed by atoms with van der Waals surface area (Å²) in [6, 6.07) is 2.79. The number of unbranched alkanes of at least 4 members (excludes halogenated alkanes) is 1. The zero-order valence-electron chi connectivity index (χ0n) is 12.4. The number of nitrogens with zero attached hydrogens (tertiary/aromatic N) is 3. The lowest BCUT2D eigenvalue weighted by Gasteiger charge is -2.21. The van der Waals surface area contributed by atoms with Crippen LogP contribution >= 0.6 is 0 Å². The maximum Gasteiger partial charge on any atom is 0.144 e. The molecular formula is C15H26N4. The minimum Gasteiger partial charge on any atom is -0.370 e. The number of aryl methyl sites for hydroxylation is 1. The van der Waals surface area contributed by atoms with Gasteiger partial charge in [0, 0.05) is 24.3 Å². The van der Waals surface area contributed by atoms with E-state index in [2.05, 4.69) is 34.0 Å². The topological polar surface area (TPSA) is 41.1 Å². The molecule has 0 bridgehead atoms. The molecule has 1 aliphatic rings. The Labute approximate surface area is 116 Å². The van der Waals surface area contributed by atoms with Gasteiger partial charge in [-0.15, -0.1) is 0 Å². The molecule has 0 saturated heterocycles. The Morgan fingerprint density at radius 1 is 1.32 bits per heavy atom. The van der Waals surface area contributed by atoms with Crippen molar-refractivity contribution < 1.29 is 0 Å².